The van der Waals surface area contributed by atoms with E-state index in [0.717, 1.165) is 43.7 Å². The van der Waals surface area contributed by atoms with Crippen molar-refractivity contribution in [3.63, 3.8) is 0 Å². The summed E-state index contributed by atoms with van der Waals surface area (Å²) in [7, 11) is 0. The van der Waals surface area contributed by atoms with Crippen LogP contribution in [0.25, 0.3) is 0 Å². The van der Waals surface area contributed by atoms with Gasteiger partial charge in [-0.1, -0.05) is 32.6 Å². The summed E-state index contributed by atoms with van der Waals surface area (Å²) >= 11 is 0. The average molecular weight is 361 g/mol. The average Bonchev–Trinajstić information content (AvgIpc) is 2.89. The van der Waals surface area contributed by atoms with E-state index in [1.54, 1.807) is 6.20 Å². The van der Waals surface area contributed by atoms with Gasteiger partial charge in [0.1, 0.15) is 0 Å². The van der Waals surface area contributed by atoms with Gasteiger partial charge in [0.2, 0.25) is 0 Å². The highest BCUT2D eigenvalue weighted by atomic mass is 16.1. The minimum Gasteiger partial charge on any atom is -0.350 e. The summed E-state index contributed by atoms with van der Waals surface area (Å²) in [5, 5.41) is 11.2. The van der Waals surface area contributed by atoms with Crippen molar-refractivity contribution < 1.29 is 4.79 Å². The lowest BCUT2D eigenvalue weighted by Gasteiger charge is -2.30. The molecule has 2 heterocycles. The first-order valence-corrected chi connectivity index (χ1v) is 10.5. The lowest BCUT2D eigenvalue weighted by atomic mass is 9.82. The van der Waals surface area contributed by atoms with Crippen LogP contribution >= 0.6 is 0 Å². The van der Waals surface area contributed by atoms with Crippen LogP contribution in [0.5, 0.6) is 0 Å². The molecule has 1 unspecified atom stereocenters. The van der Waals surface area contributed by atoms with Gasteiger partial charge < -0.3 is 10.6 Å². The minimum atomic E-state index is 0.0147. The molecule has 1 aliphatic heterocycles. The molecule has 0 spiro atoms. The van der Waals surface area contributed by atoms with E-state index in [-0.39, 0.29) is 11.9 Å². The van der Waals surface area contributed by atoms with Crippen LogP contribution < -0.4 is 10.6 Å². The Kier molecular flexibility index (Phi) is 6.38. The van der Waals surface area contributed by atoms with Crippen molar-refractivity contribution >= 4 is 5.91 Å². The predicted octanol–water partition coefficient (Wildman–Crippen LogP) is 3.53. The Morgan fingerprint density at radius 1 is 1.31 bits per heavy atom. The van der Waals surface area contributed by atoms with E-state index in [1.165, 1.54) is 38.5 Å². The lowest BCUT2D eigenvalue weighted by molar-refractivity contribution is 0.0941. The van der Waals surface area contributed by atoms with Crippen molar-refractivity contribution in [3.8, 4) is 0 Å². The Labute approximate surface area is 158 Å². The van der Waals surface area contributed by atoms with Crippen molar-refractivity contribution in [1.29, 1.82) is 0 Å². The maximum atomic E-state index is 12.4. The number of hydrogen-bond acceptors (Lipinski definition) is 3. The number of carbonyl (C=O) groups excluding carboxylic acids is 1. The molecule has 26 heavy (non-hydrogen) atoms. The Morgan fingerprint density at radius 3 is 2.73 bits per heavy atom. The molecule has 1 aliphatic carbocycles. The van der Waals surface area contributed by atoms with Gasteiger partial charge in [0, 0.05) is 19.1 Å². The highest BCUT2D eigenvalue weighted by Gasteiger charge is 2.28. The molecular weight excluding hydrogens is 324 g/mol. The first-order chi connectivity index (χ1) is 12.5. The molecule has 1 saturated carbocycles. The quantitative estimate of drug-likeness (QED) is 0.763. The SMILES string of the molecule is CC(C)NC(=O)c1cnn2c1CC(CNCC1(C)CCCCCC1)CC2. The molecule has 0 saturated heterocycles. The Balaban J connectivity index is 1.53. The molecule has 5 heteroatoms. The van der Waals surface area contributed by atoms with E-state index >= 15 is 0 Å². The zero-order valence-corrected chi connectivity index (χ0v) is 16.8. The van der Waals surface area contributed by atoms with E-state index < -0.39 is 0 Å². The highest BCUT2D eigenvalue weighted by Crippen LogP contribution is 2.34. The number of rotatable bonds is 6. The number of nitrogens with zero attached hydrogens (tertiary/aromatic N) is 2. The van der Waals surface area contributed by atoms with E-state index in [1.807, 2.05) is 18.5 Å². The maximum absolute atomic E-state index is 12.4. The van der Waals surface area contributed by atoms with Crippen LogP contribution in [0.15, 0.2) is 6.20 Å². The van der Waals surface area contributed by atoms with Crippen molar-refractivity contribution in [3.05, 3.63) is 17.5 Å². The monoisotopic (exact) mass is 360 g/mol. The third-order valence-electron chi connectivity index (χ3n) is 6.14. The predicted molar refractivity (Wildman–Crippen MR) is 105 cm³/mol. The molecule has 146 valence electrons. The van der Waals surface area contributed by atoms with Gasteiger partial charge in [0.25, 0.3) is 5.91 Å². The fraction of sp³-hybridized carbons (Fsp3) is 0.810. The van der Waals surface area contributed by atoms with Crippen molar-refractivity contribution in [2.75, 3.05) is 13.1 Å². The molecular formula is C21H36N4O. The zero-order valence-electron chi connectivity index (χ0n) is 16.8. The second kappa shape index (κ2) is 8.55. The second-order valence-corrected chi connectivity index (χ2v) is 9.07. The van der Waals surface area contributed by atoms with E-state index in [2.05, 4.69) is 22.7 Å². The molecule has 2 N–H and O–H groups in total. The molecule has 1 fully saturated rings. The third kappa shape index (κ3) is 4.87. The molecule has 1 amide bonds. The van der Waals surface area contributed by atoms with Gasteiger partial charge in [-0.25, -0.2) is 0 Å². The van der Waals surface area contributed by atoms with Gasteiger partial charge in [0.05, 0.1) is 17.5 Å². The minimum absolute atomic E-state index is 0.0147. The fourth-order valence-electron chi connectivity index (χ4n) is 4.54. The Hall–Kier alpha value is -1.36. The molecule has 3 rings (SSSR count). The summed E-state index contributed by atoms with van der Waals surface area (Å²) in [6.45, 7) is 9.54. The number of aryl methyl sites for hydroxylation is 1. The smallest absolute Gasteiger partial charge is 0.254 e. The van der Waals surface area contributed by atoms with Crippen LogP contribution in [0.1, 0.15) is 81.8 Å². The van der Waals surface area contributed by atoms with Gasteiger partial charge in [-0.05, 0) is 57.4 Å². The second-order valence-electron chi connectivity index (χ2n) is 9.07. The van der Waals surface area contributed by atoms with Crippen LogP contribution in [-0.4, -0.2) is 34.8 Å². The summed E-state index contributed by atoms with van der Waals surface area (Å²) in [6, 6.07) is 0.152. The summed E-state index contributed by atoms with van der Waals surface area (Å²) in [5.41, 5.74) is 2.34. The molecule has 1 aromatic rings. The van der Waals surface area contributed by atoms with Crippen molar-refractivity contribution in [2.24, 2.45) is 11.3 Å². The first-order valence-electron chi connectivity index (χ1n) is 10.5. The Bertz CT molecular complexity index is 599. The van der Waals surface area contributed by atoms with Crippen molar-refractivity contribution in [1.82, 2.24) is 20.4 Å². The topological polar surface area (TPSA) is 59.0 Å². The van der Waals surface area contributed by atoms with Crippen LogP contribution in [0, 0.1) is 11.3 Å². The van der Waals surface area contributed by atoms with Gasteiger partial charge >= 0.3 is 0 Å². The van der Waals surface area contributed by atoms with E-state index in [9.17, 15) is 4.79 Å². The largest absolute Gasteiger partial charge is 0.350 e. The van der Waals surface area contributed by atoms with Gasteiger partial charge in [-0.2, -0.15) is 5.10 Å². The van der Waals surface area contributed by atoms with Crippen LogP contribution in [-0.2, 0) is 13.0 Å². The lowest BCUT2D eigenvalue weighted by Crippen LogP contribution is -2.37. The van der Waals surface area contributed by atoms with Crippen LogP contribution in [0.3, 0.4) is 0 Å². The highest BCUT2D eigenvalue weighted by molar-refractivity contribution is 5.95. The summed E-state index contributed by atoms with van der Waals surface area (Å²) in [5.74, 6) is 0.611. The summed E-state index contributed by atoms with van der Waals surface area (Å²) in [4.78, 5) is 12.4. The molecule has 0 radical (unpaired) electrons. The number of nitrogens with one attached hydrogen (secondary N) is 2. The first kappa shape index (κ1) is 19.4. The number of aromatic nitrogens is 2. The third-order valence-corrected chi connectivity index (χ3v) is 6.14. The molecule has 5 nitrogen and oxygen atoms in total. The Morgan fingerprint density at radius 2 is 2.04 bits per heavy atom. The van der Waals surface area contributed by atoms with Crippen molar-refractivity contribution in [2.45, 2.75) is 84.7 Å². The van der Waals surface area contributed by atoms with Gasteiger partial charge in [-0.3, -0.25) is 9.48 Å². The number of hydrogen-bond donors (Lipinski definition) is 2. The molecule has 0 aromatic carbocycles. The van der Waals surface area contributed by atoms with Gasteiger partial charge in [-0.15, -0.1) is 0 Å². The summed E-state index contributed by atoms with van der Waals surface area (Å²) < 4.78 is 2.03. The molecule has 1 atom stereocenters. The van der Waals surface area contributed by atoms with E-state index in [4.69, 9.17) is 0 Å². The zero-order chi connectivity index (χ0) is 18.6. The normalized spacial score (nSPS) is 22.7. The number of fused-ring (bicyclic) bond motifs is 1. The van der Waals surface area contributed by atoms with Crippen LogP contribution in [0.2, 0.25) is 0 Å². The number of amides is 1. The number of carbonyl (C=O) groups is 1. The fourth-order valence-corrected chi connectivity index (χ4v) is 4.54. The molecule has 0 bridgehead atoms. The van der Waals surface area contributed by atoms with Gasteiger partial charge in [0.15, 0.2) is 0 Å². The molecule has 2 aliphatic rings. The van der Waals surface area contributed by atoms with Crippen LogP contribution in [0.4, 0.5) is 0 Å². The van der Waals surface area contributed by atoms with E-state index in [0.29, 0.717) is 11.3 Å². The summed E-state index contributed by atoms with van der Waals surface area (Å²) in [6.07, 6.45) is 12.1. The molecule has 1 aromatic heterocycles. The standard InChI is InChI=1S/C21H36N4O/c1-16(2)24-20(26)18-14-23-25-11-8-17(12-19(18)25)13-22-15-21(3)9-6-4-5-7-10-21/h14,16-17,22H,4-13,15H2,1-3H3,(H,24,26). The maximum Gasteiger partial charge on any atom is 0.254 e.